The van der Waals surface area contributed by atoms with Gasteiger partial charge in [0.25, 0.3) is 0 Å². The number of nitrogens with one attached hydrogen (secondary N) is 1. The maximum absolute atomic E-state index is 12.4. The maximum Gasteiger partial charge on any atom is 0.225 e. The molecule has 0 saturated carbocycles. The van der Waals surface area contributed by atoms with Gasteiger partial charge in [-0.3, -0.25) is 4.79 Å². The number of aromatic nitrogens is 2. The first kappa shape index (κ1) is 19.9. The molecule has 1 fully saturated rings. The molecule has 1 aromatic heterocycles. The normalized spacial score (nSPS) is 20.6. The lowest BCUT2D eigenvalue weighted by Gasteiger charge is -2.35. The van der Waals surface area contributed by atoms with Crippen LogP contribution in [0.5, 0.6) is 0 Å². The number of carbonyl (C=O) groups is 1. The van der Waals surface area contributed by atoms with Gasteiger partial charge in [-0.1, -0.05) is 42.5 Å². The van der Waals surface area contributed by atoms with Crippen LogP contribution in [0.4, 0.5) is 5.82 Å². The molecule has 0 spiro atoms. The highest BCUT2D eigenvalue weighted by Gasteiger charge is 2.24. The molecule has 154 valence electrons. The molecule has 5 nitrogen and oxygen atoms in total. The van der Waals surface area contributed by atoms with E-state index in [0.717, 1.165) is 44.1 Å². The second-order valence-corrected chi connectivity index (χ2v) is 8.38. The van der Waals surface area contributed by atoms with Crippen LogP contribution in [0.2, 0.25) is 0 Å². The second kappa shape index (κ2) is 9.88. The highest BCUT2D eigenvalue weighted by molar-refractivity contribution is 5.89. The standard InChI is InChI=1S/C24H32N4O/c29-24(12-11-20-7-3-1-4-8-20)26-23-13-16-25-28(23)22-14-17-27(18-15-22)19-21-9-5-2-6-10-21/h1-5,7-8,13,16,21-22H,6,9-12,14-15,17-19H2,(H,26,29). The van der Waals surface area contributed by atoms with Crippen LogP contribution in [-0.2, 0) is 11.2 Å². The molecular formula is C24H32N4O. The quantitative estimate of drug-likeness (QED) is 0.709. The van der Waals surface area contributed by atoms with Gasteiger partial charge in [-0.25, -0.2) is 4.68 Å². The number of likely N-dealkylation sites (tertiary alicyclic amines) is 1. The molecular weight excluding hydrogens is 360 g/mol. The van der Waals surface area contributed by atoms with E-state index in [2.05, 4.69) is 39.6 Å². The second-order valence-electron chi connectivity index (χ2n) is 8.38. The van der Waals surface area contributed by atoms with Crippen LogP contribution in [0, 0.1) is 5.92 Å². The number of piperidine rings is 1. The van der Waals surface area contributed by atoms with Crippen LogP contribution in [0.1, 0.15) is 50.1 Å². The van der Waals surface area contributed by atoms with Crippen molar-refractivity contribution < 1.29 is 4.79 Å². The van der Waals surface area contributed by atoms with E-state index in [0.29, 0.717) is 12.5 Å². The minimum absolute atomic E-state index is 0.0541. The van der Waals surface area contributed by atoms with Gasteiger partial charge in [-0.15, -0.1) is 0 Å². The molecule has 2 heterocycles. The van der Waals surface area contributed by atoms with E-state index in [4.69, 9.17) is 0 Å². The molecule has 0 radical (unpaired) electrons. The lowest BCUT2D eigenvalue weighted by molar-refractivity contribution is -0.116. The van der Waals surface area contributed by atoms with Gasteiger partial charge in [0.2, 0.25) is 5.91 Å². The molecule has 0 bridgehead atoms. The lowest BCUT2D eigenvalue weighted by Crippen LogP contribution is -2.38. The summed E-state index contributed by atoms with van der Waals surface area (Å²) < 4.78 is 2.03. The Kier molecular flexibility index (Phi) is 6.78. The van der Waals surface area contributed by atoms with Gasteiger partial charge in [0.15, 0.2) is 0 Å². The summed E-state index contributed by atoms with van der Waals surface area (Å²) in [6, 6.07) is 12.4. The van der Waals surface area contributed by atoms with Crippen molar-refractivity contribution in [3.63, 3.8) is 0 Å². The smallest absolute Gasteiger partial charge is 0.225 e. The predicted octanol–water partition coefficient (Wildman–Crippen LogP) is 4.45. The first-order valence-electron chi connectivity index (χ1n) is 11.0. The van der Waals surface area contributed by atoms with Crippen LogP contribution in [0.25, 0.3) is 0 Å². The number of rotatable bonds is 7. The van der Waals surface area contributed by atoms with Crippen LogP contribution in [0.3, 0.4) is 0 Å². The van der Waals surface area contributed by atoms with E-state index in [-0.39, 0.29) is 5.91 Å². The zero-order chi connectivity index (χ0) is 19.9. The molecule has 1 aromatic carbocycles. The van der Waals surface area contributed by atoms with Gasteiger partial charge >= 0.3 is 0 Å². The number of anilines is 1. The summed E-state index contributed by atoms with van der Waals surface area (Å²) >= 11 is 0. The highest BCUT2D eigenvalue weighted by atomic mass is 16.1. The molecule has 1 saturated heterocycles. The van der Waals surface area contributed by atoms with Crippen LogP contribution in [-0.4, -0.2) is 40.2 Å². The van der Waals surface area contributed by atoms with Crippen LogP contribution in [0.15, 0.2) is 54.7 Å². The Bertz CT molecular complexity index is 805. The number of allylic oxidation sites excluding steroid dienone is 2. The summed E-state index contributed by atoms with van der Waals surface area (Å²) in [7, 11) is 0. The van der Waals surface area contributed by atoms with E-state index in [1.807, 2.05) is 28.9 Å². The first-order valence-corrected chi connectivity index (χ1v) is 11.0. The average molecular weight is 393 g/mol. The third-order valence-electron chi connectivity index (χ3n) is 6.22. The molecule has 2 aromatic rings. The van der Waals surface area contributed by atoms with Crippen molar-refractivity contribution in [3.8, 4) is 0 Å². The Morgan fingerprint density at radius 3 is 2.66 bits per heavy atom. The fourth-order valence-corrected chi connectivity index (χ4v) is 4.55. The molecule has 1 atom stereocenters. The number of nitrogens with zero attached hydrogens (tertiary/aromatic N) is 3. The SMILES string of the molecule is O=C(CCc1ccccc1)Nc1ccnn1C1CCN(CC2CC=CCC2)CC1. The van der Waals surface area contributed by atoms with E-state index < -0.39 is 0 Å². The summed E-state index contributed by atoms with van der Waals surface area (Å²) in [5.41, 5.74) is 1.19. The Labute approximate surface area is 173 Å². The van der Waals surface area contributed by atoms with Crippen molar-refractivity contribution in [1.29, 1.82) is 0 Å². The molecule has 4 rings (SSSR count). The highest BCUT2D eigenvalue weighted by Crippen LogP contribution is 2.27. The minimum atomic E-state index is 0.0541. The fraction of sp³-hybridized carbons (Fsp3) is 0.500. The van der Waals surface area contributed by atoms with Gasteiger partial charge in [-0.2, -0.15) is 5.10 Å². The molecule has 2 aliphatic rings. The number of amides is 1. The summed E-state index contributed by atoms with van der Waals surface area (Å²) in [5.74, 6) is 1.71. The molecule has 1 N–H and O–H groups in total. The molecule has 29 heavy (non-hydrogen) atoms. The molecule has 1 amide bonds. The monoisotopic (exact) mass is 392 g/mol. The third kappa shape index (κ3) is 5.57. The topological polar surface area (TPSA) is 50.2 Å². The summed E-state index contributed by atoms with van der Waals surface area (Å²) in [5, 5.41) is 7.60. The minimum Gasteiger partial charge on any atom is -0.311 e. The van der Waals surface area contributed by atoms with Gasteiger partial charge in [0.05, 0.1) is 12.2 Å². The van der Waals surface area contributed by atoms with Gasteiger partial charge in [0, 0.05) is 32.1 Å². The van der Waals surface area contributed by atoms with Crippen molar-refractivity contribution in [2.45, 2.75) is 51.0 Å². The summed E-state index contributed by atoms with van der Waals surface area (Å²) in [6.07, 6.45) is 13.7. The van der Waals surface area contributed by atoms with E-state index >= 15 is 0 Å². The van der Waals surface area contributed by atoms with Gasteiger partial charge < -0.3 is 10.2 Å². The number of hydrogen-bond donors (Lipinski definition) is 1. The zero-order valence-corrected chi connectivity index (χ0v) is 17.2. The van der Waals surface area contributed by atoms with Crippen molar-refractivity contribution in [1.82, 2.24) is 14.7 Å². The van der Waals surface area contributed by atoms with Crippen molar-refractivity contribution >= 4 is 11.7 Å². The first-order chi connectivity index (χ1) is 14.3. The van der Waals surface area contributed by atoms with E-state index in [1.165, 1.54) is 31.4 Å². The van der Waals surface area contributed by atoms with E-state index in [9.17, 15) is 4.79 Å². The van der Waals surface area contributed by atoms with Crippen molar-refractivity contribution in [3.05, 3.63) is 60.3 Å². The van der Waals surface area contributed by atoms with Crippen LogP contribution >= 0.6 is 0 Å². The fourth-order valence-electron chi connectivity index (χ4n) is 4.55. The Morgan fingerprint density at radius 2 is 1.90 bits per heavy atom. The third-order valence-corrected chi connectivity index (χ3v) is 6.22. The number of carbonyl (C=O) groups excluding carboxylic acids is 1. The molecule has 1 unspecified atom stereocenters. The van der Waals surface area contributed by atoms with Gasteiger partial charge in [0.1, 0.15) is 5.82 Å². The lowest BCUT2D eigenvalue weighted by atomic mass is 9.93. The average Bonchev–Trinajstić information content (AvgIpc) is 3.22. The summed E-state index contributed by atoms with van der Waals surface area (Å²) in [4.78, 5) is 15.0. The Morgan fingerprint density at radius 1 is 1.07 bits per heavy atom. The number of hydrogen-bond acceptors (Lipinski definition) is 3. The molecule has 1 aliphatic heterocycles. The number of benzene rings is 1. The predicted molar refractivity (Wildman–Crippen MR) is 117 cm³/mol. The Balaban J connectivity index is 1.26. The Hall–Kier alpha value is -2.40. The zero-order valence-electron chi connectivity index (χ0n) is 17.2. The van der Waals surface area contributed by atoms with Crippen LogP contribution < -0.4 is 5.32 Å². The summed E-state index contributed by atoms with van der Waals surface area (Å²) in [6.45, 7) is 3.46. The van der Waals surface area contributed by atoms with Crippen molar-refractivity contribution in [2.75, 3.05) is 25.0 Å². The molecule has 5 heteroatoms. The number of aryl methyl sites for hydroxylation is 1. The van der Waals surface area contributed by atoms with E-state index in [1.54, 1.807) is 6.20 Å². The van der Waals surface area contributed by atoms with Crippen molar-refractivity contribution in [2.24, 2.45) is 5.92 Å². The molecule has 1 aliphatic carbocycles. The largest absolute Gasteiger partial charge is 0.311 e. The maximum atomic E-state index is 12.4. The van der Waals surface area contributed by atoms with Gasteiger partial charge in [-0.05, 0) is 50.0 Å².